The first kappa shape index (κ1) is 10.7. The van der Waals surface area contributed by atoms with Gasteiger partial charge in [0.15, 0.2) is 0 Å². The maximum absolute atomic E-state index is 5.69. The van der Waals surface area contributed by atoms with Crippen molar-refractivity contribution in [2.24, 2.45) is 5.73 Å². The van der Waals surface area contributed by atoms with Gasteiger partial charge in [0, 0.05) is 12.1 Å². The molecule has 2 aromatic rings. The van der Waals surface area contributed by atoms with Crippen molar-refractivity contribution in [2.75, 3.05) is 7.11 Å². The standard InChI is InChI=1S/C14H15NO/c1-16-14-8-7-12(9-13(14)10-15)11-5-3-2-4-6-11/h2-9H,10,15H2,1H3. The molecule has 0 fully saturated rings. The fourth-order valence-corrected chi connectivity index (χ4v) is 1.75. The average molecular weight is 213 g/mol. The van der Waals surface area contributed by atoms with E-state index >= 15 is 0 Å². The zero-order chi connectivity index (χ0) is 11.4. The minimum atomic E-state index is 0.490. The molecule has 0 bridgehead atoms. The lowest BCUT2D eigenvalue weighted by Gasteiger charge is -2.09. The van der Waals surface area contributed by atoms with E-state index in [0.717, 1.165) is 11.3 Å². The second-order valence-electron chi connectivity index (χ2n) is 3.60. The molecule has 0 aliphatic heterocycles. The maximum atomic E-state index is 5.69. The van der Waals surface area contributed by atoms with Crippen LogP contribution in [0.4, 0.5) is 0 Å². The largest absolute Gasteiger partial charge is 0.496 e. The van der Waals surface area contributed by atoms with Gasteiger partial charge in [-0.25, -0.2) is 0 Å². The molecule has 0 atom stereocenters. The van der Waals surface area contributed by atoms with Crippen molar-refractivity contribution >= 4 is 0 Å². The molecular weight excluding hydrogens is 198 g/mol. The maximum Gasteiger partial charge on any atom is 0.123 e. The molecule has 82 valence electrons. The number of hydrogen-bond donors (Lipinski definition) is 1. The Labute approximate surface area is 95.7 Å². The van der Waals surface area contributed by atoms with Gasteiger partial charge in [0.25, 0.3) is 0 Å². The first-order valence-corrected chi connectivity index (χ1v) is 5.27. The SMILES string of the molecule is COc1ccc(-c2ccccc2)cc1CN. The highest BCUT2D eigenvalue weighted by molar-refractivity contribution is 5.65. The fourth-order valence-electron chi connectivity index (χ4n) is 1.75. The van der Waals surface area contributed by atoms with E-state index in [9.17, 15) is 0 Å². The molecule has 16 heavy (non-hydrogen) atoms. The van der Waals surface area contributed by atoms with Gasteiger partial charge in [-0.1, -0.05) is 36.4 Å². The van der Waals surface area contributed by atoms with Gasteiger partial charge in [-0.3, -0.25) is 0 Å². The van der Waals surface area contributed by atoms with Crippen LogP contribution in [0, 0.1) is 0 Å². The van der Waals surface area contributed by atoms with Crippen LogP contribution in [0.15, 0.2) is 48.5 Å². The Morgan fingerprint density at radius 3 is 2.38 bits per heavy atom. The van der Waals surface area contributed by atoms with Gasteiger partial charge in [0.2, 0.25) is 0 Å². The van der Waals surface area contributed by atoms with E-state index in [1.807, 2.05) is 30.3 Å². The highest BCUT2D eigenvalue weighted by atomic mass is 16.5. The smallest absolute Gasteiger partial charge is 0.123 e. The Balaban J connectivity index is 2.44. The number of hydrogen-bond acceptors (Lipinski definition) is 2. The molecule has 2 rings (SSSR count). The summed E-state index contributed by atoms with van der Waals surface area (Å²) >= 11 is 0. The Morgan fingerprint density at radius 2 is 1.75 bits per heavy atom. The zero-order valence-corrected chi connectivity index (χ0v) is 9.31. The van der Waals surface area contributed by atoms with Gasteiger partial charge < -0.3 is 10.5 Å². The number of methoxy groups -OCH3 is 1. The van der Waals surface area contributed by atoms with Crippen molar-refractivity contribution in [1.29, 1.82) is 0 Å². The van der Waals surface area contributed by atoms with Gasteiger partial charge in [0.1, 0.15) is 5.75 Å². The third kappa shape index (κ3) is 2.07. The van der Waals surface area contributed by atoms with Crippen molar-refractivity contribution < 1.29 is 4.74 Å². The normalized spacial score (nSPS) is 10.1. The average Bonchev–Trinajstić information content (AvgIpc) is 2.39. The molecule has 0 aliphatic carbocycles. The lowest BCUT2D eigenvalue weighted by atomic mass is 10.0. The molecule has 0 radical (unpaired) electrons. The van der Waals surface area contributed by atoms with Crippen LogP contribution in [-0.2, 0) is 6.54 Å². The van der Waals surface area contributed by atoms with Crippen LogP contribution in [0.5, 0.6) is 5.75 Å². The first-order valence-electron chi connectivity index (χ1n) is 5.27. The van der Waals surface area contributed by atoms with Crippen molar-refractivity contribution in [1.82, 2.24) is 0 Å². The Kier molecular flexibility index (Phi) is 3.22. The molecule has 0 heterocycles. The topological polar surface area (TPSA) is 35.2 Å². The van der Waals surface area contributed by atoms with Crippen LogP contribution in [0.1, 0.15) is 5.56 Å². The fraction of sp³-hybridized carbons (Fsp3) is 0.143. The van der Waals surface area contributed by atoms with E-state index in [2.05, 4.69) is 18.2 Å². The monoisotopic (exact) mass is 213 g/mol. The summed E-state index contributed by atoms with van der Waals surface area (Å²) in [6.45, 7) is 0.490. The molecule has 0 aliphatic rings. The van der Waals surface area contributed by atoms with Crippen LogP contribution >= 0.6 is 0 Å². The van der Waals surface area contributed by atoms with Crippen molar-refractivity contribution in [2.45, 2.75) is 6.54 Å². The molecule has 0 aromatic heterocycles. The summed E-state index contributed by atoms with van der Waals surface area (Å²) in [6, 6.07) is 16.3. The first-order chi connectivity index (χ1) is 7.85. The van der Waals surface area contributed by atoms with Crippen molar-refractivity contribution in [3.63, 3.8) is 0 Å². The predicted molar refractivity (Wildman–Crippen MR) is 66.3 cm³/mol. The van der Waals surface area contributed by atoms with E-state index in [1.165, 1.54) is 11.1 Å². The van der Waals surface area contributed by atoms with Gasteiger partial charge in [-0.2, -0.15) is 0 Å². The molecule has 2 nitrogen and oxygen atoms in total. The third-order valence-corrected chi connectivity index (χ3v) is 2.61. The van der Waals surface area contributed by atoms with Gasteiger partial charge in [-0.05, 0) is 23.3 Å². The summed E-state index contributed by atoms with van der Waals surface area (Å²) < 4.78 is 5.25. The summed E-state index contributed by atoms with van der Waals surface area (Å²) in [6.07, 6.45) is 0. The minimum Gasteiger partial charge on any atom is -0.496 e. The predicted octanol–water partition coefficient (Wildman–Crippen LogP) is 2.82. The van der Waals surface area contributed by atoms with Crippen LogP contribution in [0.3, 0.4) is 0 Å². The number of ether oxygens (including phenoxy) is 1. The summed E-state index contributed by atoms with van der Waals surface area (Å²) in [5.74, 6) is 0.849. The molecule has 0 spiro atoms. The molecule has 0 saturated carbocycles. The van der Waals surface area contributed by atoms with E-state index in [0.29, 0.717) is 6.54 Å². The molecule has 0 saturated heterocycles. The number of benzene rings is 2. The molecular formula is C14H15NO. The highest BCUT2D eigenvalue weighted by Crippen LogP contribution is 2.26. The van der Waals surface area contributed by atoms with Crippen LogP contribution < -0.4 is 10.5 Å². The third-order valence-electron chi connectivity index (χ3n) is 2.61. The summed E-state index contributed by atoms with van der Waals surface area (Å²) in [5.41, 5.74) is 9.09. The quantitative estimate of drug-likeness (QED) is 0.850. The minimum absolute atomic E-state index is 0.490. The highest BCUT2D eigenvalue weighted by Gasteiger charge is 2.03. The van der Waals surface area contributed by atoms with Crippen LogP contribution in [-0.4, -0.2) is 7.11 Å². The van der Waals surface area contributed by atoms with E-state index in [-0.39, 0.29) is 0 Å². The van der Waals surface area contributed by atoms with Gasteiger partial charge in [0.05, 0.1) is 7.11 Å². The van der Waals surface area contributed by atoms with E-state index in [4.69, 9.17) is 10.5 Å². The number of rotatable bonds is 3. The Hall–Kier alpha value is -1.80. The van der Waals surface area contributed by atoms with Gasteiger partial charge in [-0.15, -0.1) is 0 Å². The zero-order valence-electron chi connectivity index (χ0n) is 9.31. The summed E-state index contributed by atoms with van der Waals surface area (Å²) in [4.78, 5) is 0. The Morgan fingerprint density at radius 1 is 1.00 bits per heavy atom. The van der Waals surface area contributed by atoms with E-state index < -0.39 is 0 Å². The van der Waals surface area contributed by atoms with E-state index in [1.54, 1.807) is 7.11 Å². The van der Waals surface area contributed by atoms with Crippen molar-refractivity contribution in [3.8, 4) is 16.9 Å². The van der Waals surface area contributed by atoms with Crippen LogP contribution in [0.25, 0.3) is 11.1 Å². The number of nitrogens with two attached hydrogens (primary N) is 1. The molecule has 0 amide bonds. The molecule has 0 unspecified atom stereocenters. The van der Waals surface area contributed by atoms with Crippen LogP contribution in [0.2, 0.25) is 0 Å². The molecule has 2 N–H and O–H groups in total. The van der Waals surface area contributed by atoms with Crippen molar-refractivity contribution in [3.05, 3.63) is 54.1 Å². The lowest BCUT2D eigenvalue weighted by Crippen LogP contribution is -1.99. The Bertz CT molecular complexity index is 465. The molecule has 2 aromatic carbocycles. The summed E-state index contributed by atoms with van der Waals surface area (Å²) in [7, 11) is 1.66. The summed E-state index contributed by atoms with van der Waals surface area (Å²) in [5, 5.41) is 0. The lowest BCUT2D eigenvalue weighted by molar-refractivity contribution is 0.410. The second kappa shape index (κ2) is 4.81. The molecule has 2 heteroatoms. The second-order valence-corrected chi connectivity index (χ2v) is 3.60. The van der Waals surface area contributed by atoms with Gasteiger partial charge >= 0.3 is 0 Å².